The number of aromatic nitrogens is 2. The van der Waals surface area contributed by atoms with Gasteiger partial charge in [0, 0.05) is 5.02 Å². The highest BCUT2D eigenvalue weighted by Crippen LogP contribution is 2.33. The van der Waals surface area contributed by atoms with Crippen LogP contribution in [-0.2, 0) is 11.2 Å². The zero-order valence-corrected chi connectivity index (χ0v) is 14.5. The molecule has 0 unspecified atom stereocenters. The molecule has 0 atom stereocenters. The first-order valence-corrected chi connectivity index (χ1v) is 8.01. The second-order valence-corrected chi connectivity index (χ2v) is 5.86. The van der Waals surface area contributed by atoms with Gasteiger partial charge < -0.3 is 4.74 Å². The van der Waals surface area contributed by atoms with Gasteiger partial charge in [0.25, 0.3) is 0 Å². The number of hydrogen-bond acceptors (Lipinski definition) is 3. The van der Waals surface area contributed by atoms with Crippen molar-refractivity contribution in [2.45, 2.75) is 26.7 Å². The molecular weight excluding hydrogens is 347 g/mol. The second-order valence-electron chi connectivity index (χ2n) is 4.61. The molecule has 2 aromatic rings. The van der Waals surface area contributed by atoms with Crippen LogP contribution in [0.5, 0.6) is 0 Å². The van der Waals surface area contributed by atoms with E-state index >= 15 is 0 Å². The highest BCUT2D eigenvalue weighted by Gasteiger charge is 2.21. The summed E-state index contributed by atoms with van der Waals surface area (Å²) in [7, 11) is 0. The molecule has 0 N–H and O–H groups in total. The van der Waals surface area contributed by atoms with Crippen molar-refractivity contribution in [3.63, 3.8) is 0 Å². The van der Waals surface area contributed by atoms with Crippen molar-refractivity contribution < 1.29 is 9.53 Å². The van der Waals surface area contributed by atoms with Crippen molar-refractivity contribution in [3.8, 4) is 5.69 Å². The van der Waals surface area contributed by atoms with Gasteiger partial charge in [0.05, 0.1) is 28.5 Å². The Morgan fingerprint density at radius 2 is 1.86 bits per heavy atom. The molecule has 4 nitrogen and oxygen atoms in total. The van der Waals surface area contributed by atoms with E-state index in [1.807, 2.05) is 6.92 Å². The van der Waals surface area contributed by atoms with E-state index in [1.54, 1.807) is 23.7 Å². The summed E-state index contributed by atoms with van der Waals surface area (Å²) >= 11 is 18.4. The smallest absolute Gasteiger partial charge is 0.341 e. The summed E-state index contributed by atoms with van der Waals surface area (Å²) in [6.07, 6.45) is 2.95. The van der Waals surface area contributed by atoms with Crippen LogP contribution in [-0.4, -0.2) is 22.4 Å². The van der Waals surface area contributed by atoms with Crippen LogP contribution in [0, 0.1) is 0 Å². The van der Waals surface area contributed by atoms with Gasteiger partial charge in [0.2, 0.25) is 0 Å². The Morgan fingerprint density at radius 1 is 1.23 bits per heavy atom. The van der Waals surface area contributed by atoms with E-state index in [1.165, 1.54) is 6.20 Å². The molecule has 0 amide bonds. The van der Waals surface area contributed by atoms with E-state index in [2.05, 4.69) is 5.10 Å². The van der Waals surface area contributed by atoms with Crippen LogP contribution in [0.2, 0.25) is 15.1 Å². The van der Waals surface area contributed by atoms with Gasteiger partial charge in [-0.15, -0.1) is 0 Å². The monoisotopic (exact) mass is 360 g/mol. The summed E-state index contributed by atoms with van der Waals surface area (Å²) in [5.74, 6) is -0.404. The fraction of sp³-hybridized carbons (Fsp3) is 0.333. The van der Waals surface area contributed by atoms with Gasteiger partial charge >= 0.3 is 5.97 Å². The van der Waals surface area contributed by atoms with Crippen molar-refractivity contribution in [1.82, 2.24) is 9.78 Å². The summed E-state index contributed by atoms with van der Waals surface area (Å²) in [6, 6.07) is 3.18. The van der Waals surface area contributed by atoms with E-state index < -0.39 is 5.97 Å². The Kier molecular flexibility index (Phi) is 5.73. The van der Waals surface area contributed by atoms with Crippen LogP contribution < -0.4 is 0 Å². The molecule has 2 rings (SSSR count). The summed E-state index contributed by atoms with van der Waals surface area (Å²) < 4.78 is 6.64. The molecule has 1 heterocycles. The van der Waals surface area contributed by atoms with Gasteiger partial charge in [-0.1, -0.05) is 48.1 Å². The highest BCUT2D eigenvalue weighted by atomic mass is 35.5. The lowest BCUT2D eigenvalue weighted by atomic mass is 10.1. The lowest BCUT2D eigenvalue weighted by Gasteiger charge is -2.12. The summed E-state index contributed by atoms with van der Waals surface area (Å²) in [6.45, 7) is 4.07. The molecule has 0 saturated heterocycles. The topological polar surface area (TPSA) is 44.1 Å². The van der Waals surface area contributed by atoms with Crippen LogP contribution in [0.3, 0.4) is 0 Å². The summed E-state index contributed by atoms with van der Waals surface area (Å²) in [5.41, 5.74) is 1.64. The SMILES string of the molecule is CCCc1c(C(=O)OCC)cnn1-c1c(Cl)cc(Cl)cc1Cl. The number of esters is 1. The average molecular weight is 362 g/mol. The lowest BCUT2D eigenvalue weighted by molar-refractivity contribution is 0.0525. The van der Waals surface area contributed by atoms with Gasteiger partial charge in [-0.25, -0.2) is 9.48 Å². The van der Waals surface area contributed by atoms with Crippen molar-refractivity contribution in [1.29, 1.82) is 0 Å². The largest absolute Gasteiger partial charge is 0.462 e. The number of nitrogens with zero attached hydrogens (tertiary/aromatic N) is 2. The van der Waals surface area contributed by atoms with Gasteiger partial charge in [0.1, 0.15) is 11.3 Å². The Morgan fingerprint density at radius 3 is 2.41 bits per heavy atom. The molecule has 0 aliphatic carbocycles. The van der Waals surface area contributed by atoms with Gasteiger partial charge in [-0.05, 0) is 25.5 Å². The first-order valence-electron chi connectivity index (χ1n) is 6.88. The molecule has 0 saturated carbocycles. The van der Waals surface area contributed by atoms with Crippen LogP contribution in [0.25, 0.3) is 5.69 Å². The number of benzene rings is 1. The number of hydrogen-bond donors (Lipinski definition) is 0. The maximum atomic E-state index is 12.0. The Labute approximate surface area is 143 Å². The normalized spacial score (nSPS) is 10.8. The van der Waals surface area contributed by atoms with Crippen LogP contribution >= 0.6 is 34.8 Å². The van der Waals surface area contributed by atoms with Crippen LogP contribution in [0.1, 0.15) is 36.3 Å². The molecule has 0 aliphatic heterocycles. The molecule has 0 bridgehead atoms. The molecule has 1 aromatic heterocycles. The van der Waals surface area contributed by atoms with E-state index in [4.69, 9.17) is 39.5 Å². The molecule has 0 aliphatic rings. The molecule has 7 heteroatoms. The molecule has 0 fully saturated rings. The zero-order valence-electron chi connectivity index (χ0n) is 12.2. The molecule has 0 spiro atoms. The van der Waals surface area contributed by atoms with Crippen molar-refractivity contribution in [3.05, 3.63) is 44.7 Å². The minimum absolute atomic E-state index is 0.304. The third-order valence-corrected chi connectivity index (χ3v) is 3.84. The molecule has 0 radical (unpaired) electrons. The maximum absolute atomic E-state index is 12.0. The lowest BCUT2D eigenvalue weighted by Crippen LogP contribution is -2.10. The second kappa shape index (κ2) is 7.36. The predicted octanol–water partition coefficient (Wildman–Crippen LogP) is 4.96. The molecular formula is C15H15Cl3N2O2. The highest BCUT2D eigenvalue weighted by molar-refractivity contribution is 6.40. The standard InChI is InChI=1S/C15H15Cl3N2O2/c1-3-5-13-10(15(21)22-4-2)8-19-20(13)14-11(17)6-9(16)7-12(14)18/h6-8H,3-5H2,1-2H3. The van der Waals surface area contributed by atoms with Gasteiger partial charge in [-0.3, -0.25) is 0 Å². The third-order valence-electron chi connectivity index (χ3n) is 3.04. The van der Waals surface area contributed by atoms with E-state index in [-0.39, 0.29) is 0 Å². The fourth-order valence-electron chi connectivity index (χ4n) is 2.16. The van der Waals surface area contributed by atoms with Gasteiger partial charge in [-0.2, -0.15) is 5.10 Å². The number of rotatable bonds is 5. The van der Waals surface area contributed by atoms with Crippen molar-refractivity contribution >= 4 is 40.8 Å². The van der Waals surface area contributed by atoms with E-state index in [0.29, 0.717) is 45.0 Å². The number of carbonyl (C=O) groups excluding carboxylic acids is 1. The van der Waals surface area contributed by atoms with Crippen molar-refractivity contribution in [2.75, 3.05) is 6.61 Å². The number of carbonyl (C=O) groups is 1. The summed E-state index contributed by atoms with van der Waals surface area (Å²) in [4.78, 5) is 12.0. The predicted molar refractivity (Wildman–Crippen MR) is 88.5 cm³/mol. The quantitative estimate of drug-likeness (QED) is 0.707. The molecule has 1 aromatic carbocycles. The average Bonchev–Trinajstić information content (AvgIpc) is 2.82. The summed E-state index contributed by atoms with van der Waals surface area (Å²) in [5, 5.41) is 5.44. The van der Waals surface area contributed by atoms with Gasteiger partial charge in [0.15, 0.2) is 0 Å². The zero-order chi connectivity index (χ0) is 16.3. The van der Waals surface area contributed by atoms with Crippen molar-refractivity contribution in [2.24, 2.45) is 0 Å². The minimum Gasteiger partial charge on any atom is -0.462 e. The maximum Gasteiger partial charge on any atom is 0.341 e. The van der Waals surface area contributed by atoms with E-state index in [9.17, 15) is 4.79 Å². The Bertz CT molecular complexity index is 675. The van der Waals surface area contributed by atoms with E-state index in [0.717, 1.165) is 6.42 Å². The first-order chi connectivity index (χ1) is 10.5. The Hall–Kier alpha value is -1.23. The van der Waals surface area contributed by atoms with Crippen LogP contribution in [0.4, 0.5) is 0 Å². The third kappa shape index (κ3) is 3.40. The van der Waals surface area contributed by atoms with Crippen LogP contribution in [0.15, 0.2) is 18.3 Å². The number of halogens is 3. The number of ether oxygens (including phenoxy) is 1. The minimum atomic E-state index is -0.404. The fourth-order valence-corrected chi connectivity index (χ4v) is 3.14. The molecule has 118 valence electrons. The Balaban J connectivity index is 2.59. The first kappa shape index (κ1) is 17.1. The molecule has 22 heavy (non-hydrogen) atoms.